The number of ether oxygens (including phenoxy) is 2. The highest BCUT2D eigenvalue weighted by molar-refractivity contribution is 5.60. The van der Waals surface area contributed by atoms with E-state index in [2.05, 4.69) is 36.2 Å². The molecule has 0 saturated carbocycles. The van der Waals surface area contributed by atoms with Crippen LogP contribution in [0.1, 0.15) is 57.9 Å². The molecule has 3 nitrogen and oxygen atoms in total. The number of aryl methyl sites for hydroxylation is 1. The number of nitrogens with zero attached hydrogens (tertiary/aromatic N) is 1. The molecule has 0 unspecified atom stereocenters. The molecule has 3 heteroatoms. The molecule has 0 atom stereocenters. The highest BCUT2D eigenvalue weighted by Gasteiger charge is 2.01. The molecule has 0 aliphatic rings. The minimum absolute atomic E-state index is 0.689. The van der Waals surface area contributed by atoms with Crippen LogP contribution in [0.15, 0.2) is 42.6 Å². The van der Waals surface area contributed by atoms with Crippen LogP contribution in [0.3, 0.4) is 0 Å². The van der Waals surface area contributed by atoms with Gasteiger partial charge < -0.3 is 9.47 Å². The predicted molar refractivity (Wildman–Crippen MR) is 109 cm³/mol. The number of aromatic nitrogens is 1. The fourth-order valence-electron chi connectivity index (χ4n) is 2.92. The lowest BCUT2D eigenvalue weighted by atomic mass is 10.1. The van der Waals surface area contributed by atoms with Gasteiger partial charge in [0.25, 0.3) is 0 Å². The maximum absolute atomic E-state index is 5.73. The summed E-state index contributed by atoms with van der Waals surface area (Å²) in [6.45, 7) is 6.67. The van der Waals surface area contributed by atoms with E-state index in [1.165, 1.54) is 37.7 Å². The van der Waals surface area contributed by atoms with E-state index in [1.54, 1.807) is 0 Å². The Hall–Kier alpha value is -1.87. The van der Waals surface area contributed by atoms with Crippen molar-refractivity contribution in [1.29, 1.82) is 0 Å². The third kappa shape index (κ3) is 7.57. The lowest BCUT2D eigenvalue weighted by Gasteiger charge is -2.07. The molecule has 1 aromatic carbocycles. The number of benzene rings is 1. The molecule has 2 rings (SSSR count). The quantitative estimate of drug-likeness (QED) is 0.409. The van der Waals surface area contributed by atoms with Crippen LogP contribution in [-0.2, 0) is 11.2 Å². The Kier molecular flexibility index (Phi) is 9.81. The molecule has 0 spiro atoms. The van der Waals surface area contributed by atoms with E-state index >= 15 is 0 Å². The normalized spacial score (nSPS) is 10.8. The van der Waals surface area contributed by atoms with E-state index in [9.17, 15) is 0 Å². The lowest BCUT2D eigenvalue weighted by Crippen LogP contribution is -1.99. The van der Waals surface area contributed by atoms with Crippen molar-refractivity contribution in [2.45, 2.75) is 58.8 Å². The van der Waals surface area contributed by atoms with Crippen LogP contribution in [0.5, 0.6) is 5.75 Å². The Morgan fingerprint density at radius 2 is 1.58 bits per heavy atom. The molecule has 26 heavy (non-hydrogen) atoms. The maximum Gasteiger partial charge on any atom is 0.119 e. The van der Waals surface area contributed by atoms with Crippen LogP contribution >= 0.6 is 0 Å². The Morgan fingerprint density at radius 1 is 0.808 bits per heavy atom. The van der Waals surface area contributed by atoms with Crippen molar-refractivity contribution < 1.29 is 9.47 Å². The Labute approximate surface area is 158 Å². The minimum Gasteiger partial charge on any atom is -0.494 e. The van der Waals surface area contributed by atoms with Crippen LogP contribution in [0.4, 0.5) is 0 Å². The highest BCUT2D eigenvalue weighted by Crippen LogP contribution is 2.21. The summed E-state index contributed by atoms with van der Waals surface area (Å²) >= 11 is 0. The van der Waals surface area contributed by atoms with Crippen molar-refractivity contribution in [3.63, 3.8) is 0 Å². The number of hydrogen-bond donors (Lipinski definition) is 0. The zero-order valence-electron chi connectivity index (χ0n) is 16.4. The van der Waals surface area contributed by atoms with Crippen molar-refractivity contribution in [3.05, 3.63) is 48.2 Å². The smallest absolute Gasteiger partial charge is 0.119 e. The van der Waals surface area contributed by atoms with Gasteiger partial charge in [-0.05, 0) is 62.1 Å². The molecule has 0 bridgehead atoms. The SMILES string of the molecule is CCCCCCCOCCCc1ccc(-c2ccc(OCC)cc2)nc1. The first kappa shape index (κ1) is 20.4. The summed E-state index contributed by atoms with van der Waals surface area (Å²) in [5, 5.41) is 0. The van der Waals surface area contributed by atoms with Crippen LogP contribution in [-0.4, -0.2) is 24.8 Å². The fraction of sp³-hybridized carbons (Fsp3) is 0.522. The van der Waals surface area contributed by atoms with Crippen molar-refractivity contribution in [1.82, 2.24) is 4.98 Å². The van der Waals surface area contributed by atoms with Gasteiger partial charge in [-0.2, -0.15) is 0 Å². The van der Waals surface area contributed by atoms with Crippen LogP contribution in [0, 0.1) is 0 Å². The molecule has 0 radical (unpaired) electrons. The van der Waals surface area contributed by atoms with E-state index in [-0.39, 0.29) is 0 Å². The van der Waals surface area contributed by atoms with Crippen molar-refractivity contribution in [2.75, 3.05) is 19.8 Å². The molecular weight excluding hydrogens is 322 g/mol. The topological polar surface area (TPSA) is 31.4 Å². The molecule has 0 saturated heterocycles. The van der Waals surface area contributed by atoms with E-state index in [0.29, 0.717) is 6.61 Å². The molecule has 0 aliphatic heterocycles. The van der Waals surface area contributed by atoms with E-state index in [1.807, 2.05) is 25.3 Å². The van der Waals surface area contributed by atoms with Gasteiger partial charge in [0.1, 0.15) is 5.75 Å². The zero-order valence-corrected chi connectivity index (χ0v) is 16.4. The number of rotatable bonds is 13. The molecule has 1 heterocycles. The first-order valence-electron chi connectivity index (χ1n) is 10.1. The predicted octanol–water partition coefficient (Wildman–Crippen LogP) is 6.07. The van der Waals surface area contributed by atoms with Gasteiger partial charge in [0, 0.05) is 25.0 Å². The van der Waals surface area contributed by atoms with Crippen LogP contribution in [0.25, 0.3) is 11.3 Å². The monoisotopic (exact) mass is 355 g/mol. The summed E-state index contributed by atoms with van der Waals surface area (Å²) in [6, 6.07) is 12.4. The highest BCUT2D eigenvalue weighted by atomic mass is 16.5. The standard InChI is InChI=1S/C23H33NO2/c1-3-5-6-7-8-17-25-18-9-10-20-11-16-23(24-19-20)21-12-14-22(15-13-21)26-4-2/h11-16,19H,3-10,17-18H2,1-2H3. The second-order valence-corrected chi connectivity index (χ2v) is 6.64. The van der Waals surface area contributed by atoms with Gasteiger partial charge >= 0.3 is 0 Å². The van der Waals surface area contributed by atoms with Gasteiger partial charge in [-0.25, -0.2) is 0 Å². The Morgan fingerprint density at radius 3 is 2.27 bits per heavy atom. The molecule has 0 N–H and O–H groups in total. The number of pyridine rings is 1. The lowest BCUT2D eigenvalue weighted by molar-refractivity contribution is 0.127. The fourth-order valence-corrected chi connectivity index (χ4v) is 2.92. The number of hydrogen-bond acceptors (Lipinski definition) is 3. The molecule has 1 aromatic heterocycles. The van der Waals surface area contributed by atoms with E-state index in [4.69, 9.17) is 9.47 Å². The summed E-state index contributed by atoms with van der Waals surface area (Å²) < 4.78 is 11.2. The van der Waals surface area contributed by atoms with Gasteiger partial charge in [-0.1, -0.05) is 38.7 Å². The molecule has 0 fully saturated rings. The van der Waals surface area contributed by atoms with Crippen LogP contribution < -0.4 is 4.74 Å². The summed E-state index contributed by atoms with van der Waals surface area (Å²) in [4.78, 5) is 4.60. The van der Waals surface area contributed by atoms with Crippen molar-refractivity contribution >= 4 is 0 Å². The molecule has 142 valence electrons. The van der Waals surface area contributed by atoms with Gasteiger partial charge in [-0.3, -0.25) is 4.98 Å². The third-order valence-corrected chi connectivity index (χ3v) is 4.43. The Balaban J connectivity index is 1.66. The minimum atomic E-state index is 0.689. The summed E-state index contributed by atoms with van der Waals surface area (Å²) in [6.07, 6.45) is 10.5. The maximum atomic E-state index is 5.73. The second-order valence-electron chi connectivity index (χ2n) is 6.64. The first-order valence-corrected chi connectivity index (χ1v) is 10.1. The largest absolute Gasteiger partial charge is 0.494 e. The summed E-state index contributed by atoms with van der Waals surface area (Å²) in [7, 11) is 0. The molecule has 0 aliphatic carbocycles. The summed E-state index contributed by atoms with van der Waals surface area (Å²) in [5.41, 5.74) is 3.39. The summed E-state index contributed by atoms with van der Waals surface area (Å²) in [5.74, 6) is 0.901. The first-order chi connectivity index (χ1) is 12.8. The van der Waals surface area contributed by atoms with Gasteiger partial charge in [0.15, 0.2) is 0 Å². The van der Waals surface area contributed by atoms with Gasteiger partial charge in [0.2, 0.25) is 0 Å². The molecule has 2 aromatic rings. The molecule has 0 amide bonds. The van der Waals surface area contributed by atoms with Gasteiger partial charge in [-0.15, -0.1) is 0 Å². The van der Waals surface area contributed by atoms with E-state index in [0.717, 1.165) is 43.1 Å². The Bertz CT molecular complexity index is 593. The van der Waals surface area contributed by atoms with E-state index < -0.39 is 0 Å². The molecular formula is C23H33NO2. The third-order valence-electron chi connectivity index (χ3n) is 4.43. The van der Waals surface area contributed by atoms with Crippen molar-refractivity contribution in [2.24, 2.45) is 0 Å². The van der Waals surface area contributed by atoms with Gasteiger partial charge in [0.05, 0.1) is 12.3 Å². The second kappa shape index (κ2) is 12.5. The number of unbranched alkanes of at least 4 members (excludes halogenated alkanes) is 4. The van der Waals surface area contributed by atoms with Crippen molar-refractivity contribution in [3.8, 4) is 17.0 Å². The zero-order chi connectivity index (χ0) is 18.5. The average molecular weight is 356 g/mol. The average Bonchev–Trinajstić information content (AvgIpc) is 2.68. The van der Waals surface area contributed by atoms with Crippen LogP contribution in [0.2, 0.25) is 0 Å².